The van der Waals surface area contributed by atoms with Crippen molar-refractivity contribution in [2.24, 2.45) is 0 Å². The van der Waals surface area contributed by atoms with Gasteiger partial charge in [-0.3, -0.25) is 4.98 Å². The summed E-state index contributed by atoms with van der Waals surface area (Å²) in [5.41, 5.74) is 4.21. The molecule has 6 heteroatoms. The Labute approximate surface area is 122 Å². The number of carboxylic acids is 1. The van der Waals surface area contributed by atoms with Crippen molar-refractivity contribution in [2.75, 3.05) is 6.54 Å². The topological polar surface area (TPSA) is 88.0 Å². The Balaban J connectivity index is 2.19. The van der Waals surface area contributed by atoms with Gasteiger partial charge in [-0.1, -0.05) is 6.07 Å². The molecule has 0 fully saturated rings. The van der Waals surface area contributed by atoms with E-state index in [2.05, 4.69) is 20.3 Å². The molecular weight excluding hydrogens is 268 g/mol. The first-order valence-corrected chi connectivity index (χ1v) is 6.83. The highest BCUT2D eigenvalue weighted by atomic mass is 16.4. The summed E-state index contributed by atoms with van der Waals surface area (Å²) in [7, 11) is 0. The van der Waals surface area contributed by atoms with E-state index >= 15 is 0 Å². The fraction of sp³-hybridized carbons (Fsp3) is 0.333. The van der Waals surface area contributed by atoms with Gasteiger partial charge in [0.25, 0.3) is 0 Å². The molecule has 0 saturated heterocycles. The monoisotopic (exact) mass is 284 g/mol. The number of aromatic carboxylic acids is 1. The molecule has 108 valence electrons. The molecule has 3 rings (SSSR count). The van der Waals surface area contributed by atoms with Crippen LogP contribution >= 0.6 is 0 Å². The lowest BCUT2D eigenvalue weighted by Gasteiger charge is -2.18. The minimum absolute atomic E-state index is 0.0956. The minimum atomic E-state index is -1.01. The molecule has 1 aliphatic rings. The molecular formula is C15H16N4O2. The first-order valence-electron chi connectivity index (χ1n) is 6.83. The van der Waals surface area contributed by atoms with Crippen LogP contribution in [0.3, 0.4) is 0 Å². The smallest absolute Gasteiger partial charge is 0.354 e. The second-order valence-corrected chi connectivity index (χ2v) is 5.23. The van der Waals surface area contributed by atoms with E-state index in [-0.39, 0.29) is 5.69 Å². The summed E-state index contributed by atoms with van der Waals surface area (Å²) >= 11 is 0. The summed E-state index contributed by atoms with van der Waals surface area (Å²) in [4.78, 5) is 24.6. The number of rotatable bonds is 2. The molecule has 0 aliphatic carbocycles. The Morgan fingerprint density at radius 2 is 2.14 bits per heavy atom. The van der Waals surface area contributed by atoms with E-state index in [1.54, 1.807) is 6.20 Å². The lowest BCUT2D eigenvalue weighted by atomic mass is 10.0. The Kier molecular flexibility index (Phi) is 3.39. The molecule has 0 unspecified atom stereocenters. The van der Waals surface area contributed by atoms with Gasteiger partial charge >= 0.3 is 5.97 Å². The third-order valence-electron chi connectivity index (χ3n) is 3.57. The zero-order chi connectivity index (χ0) is 15.0. The number of hydrogen-bond donors (Lipinski definition) is 2. The first kappa shape index (κ1) is 13.6. The summed E-state index contributed by atoms with van der Waals surface area (Å²) in [5.74, 6) is -0.631. The molecule has 0 bridgehead atoms. The normalized spacial score (nSPS) is 13.8. The molecule has 0 atom stereocenters. The van der Waals surface area contributed by atoms with Crippen molar-refractivity contribution in [3.8, 4) is 11.5 Å². The fourth-order valence-corrected chi connectivity index (χ4v) is 2.59. The van der Waals surface area contributed by atoms with Crippen LogP contribution < -0.4 is 5.32 Å². The molecule has 6 nitrogen and oxygen atoms in total. The van der Waals surface area contributed by atoms with E-state index in [0.717, 1.165) is 28.9 Å². The van der Waals surface area contributed by atoms with Crippen LogP contribution in [0.5, 0.6) is 0 Å². The van der Waals surface area contributed by atoms with Gasteiger partial charge < -0.3 is 10.4 Å². The number of nitrogens with one attached hydrogen (secondary N) is 1. The molecule has 2 aromatic rings. The van der Waals surface area contributed by atoms with Crippen molar-refractivity contribution < 1.29 is 9.90 Å². The Hall–Kier alpha value is -2.34. The quantitative estimate of drug-likeness (QED) is 0.869. The van der Waals surface area contributed by atoms with Gasteiger partial charge in [-0.2, -0.15) is 0 Å². The van der Waals surface area contributed by atoms with Crippen LogP contribution in [0.25, 0.3) is 11.5 Å². The lowest BCUT2D eigenvalue weighted by Crippen LogP contribution is -2.28. The Morgan fingerprint density at radius 3 is 2.86 bits per heavy atom. The van der Waals surface area contributed by atoms with Gasteiger partial charge in [-0.05, 0) is 37.9 Å². The minimum Gasteiger partial charge on any atom is -0.476 e. The van der Waals surface area contributed by atoms with E-state index < -0.39 is 5.97 Å². The highest BCUT2D eigenvalue weighted by molar-refractivity contribution is 5.88. The number of aryl methyl sites for hydroxylation is 2. The predicted octanol–water partition coefficient (Wildman–Crippen LogP) is 1.50. The highest BCUT2D eigenvalue weighted by Crippen LogP contribution is 2.23. The van der Waals surface area contributed by atoms with Crippen molar-refractivity contribution in [3.63, 3.8) is 0 Å². The van der Waals surface area contributed by atoms with E-state index in [1.165, 1.54) is 0 Å². The second kappa shape index (κ2) is 5.21. The maximum Gasteiger partial charge on any atom is 0.354 e. The number of nitrogens with zero attached hydrogens (tertiary/aromatic N) is 3. The van der Waals surface area contributed by atoms with Gasteiger partial charge in [0.2, 0.25) is 0 Å². The number of aromatic nitrogens is 3. The van der Waals surface area contributed by atoms with Gasteiger partial charge in [-0.25, -0.2) is 14.8 Å². The van der Waals surface area contributed by atoms with E-state index in [9.17, 15) is 9.90 Å². The largest absolute Gasteiger partial charge is 0.476 e. The summed E-state index contributed by atoms with van der Waals surface area (Å²) in [5, 5.41) is 12.6. The molecule has 0 radical (unpaired) electrons. The number of carbonyl (C=O) groups is 1. The zero-order valence-electron chi connectivity index (χ0n) is 12.0. The third kappa shape index (κ3) is 2.50. The fourth-order valence-electron chi connectivity index (χ4n) is 2.59. The van der Waals surface area contributed by atoms with Gasteiger partial charge in [-0.15, -0.1) is 0 Å². The molecule has 21 heavy (non-hydrogen) atoms. The number of pyridine rings is 1. The van der Waals surface area contributed by atoms with Crippen LogP contribution in [0.2, 0.25) is 0 Å². The average Bonchev–Trinajstić information content (AvgIpc) is 2.46. The SMILES string of the molecule is Cc1cnc(-c2nc3c(c(C(=O)O)n2)CCNC3)c(C)c1. The molecule has 3 heterocycles. The summed E-state index contributed by atoms with van der Waals surface area (Å²) in [6.45, 7) is 5.20. The second-order valence-electron chi connectivity index (χ2n) is 5.23. The Morgan fingerprint density at radius 1 is 1.33 bits per heavy atom. The van der Waals surface area contributed by atoms with E-state index in [1.807, 2.05) is 19.9 Å². The van der Waals surface area contributed by atoms with Crippen LogP contribution in [0.4, 0.5) is 0 Å². The van der Waals surface area contributed by atoms with E-state index in [4.69, 9.17) is 0 Å². The summed E-state index contributed by atoms with van der Waals surface area (Å²) in [6, 6.07) is 1.99. The standard InChI is InChI=1S/C15H16N4O2/c1-8-5-9(2)12(17-6-8)14-18-11-7-16-4-3-10(11)13(19-14)15(20)21/h5-6,16H,3-4,7H2,1-2H3,(H,20,21). The maximum absolute atomic E-state index is 11.5. The number of hydrogen-bond acceptors (Lipinski definition) is 5. The highest BCUT2D eigenvalue weighted by Gasteiger charge is 2.22. The van der Waals surface area contributed by atoms with Crippen molar-refractivity contribution in [2.45, 2.75) is 26.8 Å². The molecule has 0 spiro atoms. The van der Waals surface area contributed by atoms with Crippen LogP contribution in [-0.4, -0.2) is 32.6 Å². The molecule has 0 amide bonds. The van der Waals surface area contributed by atoms with Crippen molar-refractivity contribution in [3.05, 3.63) is 40.3 Å². The summed E-state index contributed by atoms with van der Waals surface area (Å²) < 4.78 is 0. The average molecular weight is 284 g/mol. The van der Waals surface area contributed by atoms with Crippen molar-refractivity contribution in [1.82, 2.24) is 20.3 Å². The van der Waals surface area contributed by atoms with Gasteiger partial charge in [0, 0.05) is 18.3 Å². The van der Waals surface area contributed by atoms with Crippen LogP contribution in [-0.2, 0) is 13.0 Å². The molecule has 2 aromatic heterocycles. The molecule has 1 aliphatic heterocycles. The van der Waals surface area contributed by atoms with Crippen molar-refractivity contribution in [1.29, 1.82) is 0 Å². The molecule has 0 aromatic carbocycles. The van der Waals surface area contributed by atoms with Gasteiger partial charge in [0.15, 0.2) is 11.5 Å². The lowest BCUT2D eigenvalue weighted by molar-refractivity contribution is 0.0688. The first-order chi connectivity index (χ1) is 10.1. The van der Waals surface area contributed by atoms with Crippen LogP contribution in [0.1, 0.15) is 32.9 Å². The van der Waals surface area contributed by atoms with Crippen molar-refractivity contribution >= 4 is 5.97 Å². The zero-order valence-corrected chi connectivity index (χ0v) is 12.0. The predicted molar refractivity (Wildman–Crippen MR) is 77.1 cm³/mol. The summed E-state index contributed by atoms with van der Waals surface area (Å²) in [6.07, 6.45) is 2.38. The maximum atomic E-state index is 11.5. The number of carboxylic acid groups (broad SMARTS) is 1. The third-order valence-corrected chi connectivity index (χ3v) is 3.57. The Bertz CT molecular complexity index is 728. The van der Waals surface area contributed by atoms with E-state index in [0.29, 0.717) is 24.5 Å². The van der Waals surface area contributed by atoms with Gasteiger partial charge in [0.05, 0.1) is 5.69 Å². The molecule has 2 N–H and O–H groups in total. The van der Waals surface area contributed by atoms with Crippen LogP contribution in [0, 0.1) is 13.8 Å². The van der Waals surface area contributed by atoms with Gasteiger partial charge in [0.1, 0.15) is 5.69 Å². The molecule has 0 saturated carbocycles. The number of fused-ring (bicyclic) bond motifs is 1. The van der Waals surface area contributed by atoms with Crippen LogP contribution in [0.15, 0.2) is 12.3 Å².